The Morgan fingerprint density at radius 1 is 1.42 bits per heavy atom. The van der Waals surface area contributed by atoms with E-state index in [-0.39, 0.29) is 11.6 Å². The number of rotatable bonds is 6. The average molecular weight is 263 g/mol. The van der Waals surface area contributed by atoms with Gasteiger partial charge in [-0.15, -0.1) is 0 Å². The van der Waals surface area contributed by atoms with Gasteiger partial charge in [0.1, 0.15) is 0 Å². The van der Waals surface area contributed by atoms with Crippen LogP contribution in [0.5, 0.6) is 0 Å². The summed E-state index contributed by atoms with van der Waals surface area (Å²) in [6.45, 7) is 3.42. The minimum atomic E-state index is -0.460. The van der Waals surface area contributed by atoms with Crippen LogP contribution < -0.4 is 5.73 Å². The number of hydrogen-bond donors (Lipinski definition) is 1. The quantitative estimate of drug-likeness (QED) is 0.477. The minimum Gasteiger partial charge on any atom is -0.338 e. The molecule has 0 atom stereocenters. The van der Waals surface area contributed by atoms with Gasteiger partial charge in [-0.1, -0.05) is 0 Å². The number of hydrogen-bond acceptors (Lipinski definition) is 4. The van der Waals surface area contributed by atoms with Crippen LogP contribution in [0, 0.1) is 10.1 Å². The van der Waals surface area contributed by atoms with E-state index in [1.165, 1.54) is 18.2 Å². The van der Waals surface area contributed by atoms with Crippen LogP contribution in [-0.4, -0.2) is 35.4 Å². The SMILES string of the molecule is CCN(CCN)C(=O)/C=C/c1ccc([N+](=O)[O-])cc1. The van der Waals surface area contributed by atoms with Gasteiger partial charge in [0.05, 0.1) is 4.92 Å². The Labute approximate surface area is 111 Å². The first-order chi connectivity index (χ1) is 9.08. The van der Waals surface area contributed by atoms with Crippen molar-refractivity contribution in [3.05, 3.63) is 46.0 Å². The van der Waals surface area contributed by atoms with E-state index in [4.69, 9.17) is 5.73 Å². The zero-order valence-electron chi connectivity index (χ0n) is 10.8. The van der Waals surface area contributed by atoms with E-state index >= 15 is 0 Å². The van der Waals surface area contributed by atoms with Crippen LogP contribution in [0.3, 0.4) is 0 Å². The predicted octanol–water partition coefficient (Wildman–Crippen LogP) is 1.42. The van der Waals surface area contributed by atoms with Gasteiger partial charge >= 0.3 is 0 Å². The molecule has 0 aliphatic rings. The Bertz CT molecular complexity index is 469. The minimum absolute atomic E-state index is 0.0294. The van der Waals surface area contributed by atoms with E-state index in [2.05, 4.69) is 0 Å². The highest BCUT2D eigenvalue weighted by Crippen LogP contribution is 2.12. The van der Waals surface area contributed by atoms with Gasteiger partial charge in [0.15, 0.2) is 0 Å². The molecule has 0 saturated heterocycles. The van der Waals surface area contributed by atoms with Crippen molar-refractivity contribution in [3.8, 4) is 0 Å². The Kier molecular flexibility index (Phi) is 5.69. The topological polar surface area (TPSA) is 89.5 Å². The van der Waals surface area contributed by atoms with Crippen LogP contribution in [0.15, 0.2) is 30.3 Å². The zero-order chi connectivity index (χ0) is 14.3. The standard InChI is InChI=1S/C13H17N3O3/c1-2-15(10-9-14)13(17)8-5-11-3-6-12(7-4-11)16(18)19/h3-8H,2,9-10,14H2,1H3/b8-5+. The number of amides is 1. The molecule has 102 valence electrons. The second kappa shape index (κ2) is 7.27. The summed E-state index contributed by atoms with van der Waals surface area (Å²) in [5, 5.41) is 10.5. The maximum Gasteiger partial charge on any atom is 0.269 e. The average Bonchev–Trinajstić information content (AvgIpc) is 2.42. The van der Waals surface area contributed by atoms with Crippen LogP contribution in [0.25, 0.3) is 6.08 Å². The van der Waals surface area contributed by atoms with E-state index in [1.54, 1.807) is 23.1 Å². The van der Waals surface area contributed by atoms with Crippen LogP contribution in [0.1, 0.15) is 12.5 Å². The molecular weight excluding hydrogens is 246 g/mol. The lowest BCUT2D eigenvalue weighted by molar-refractivity contribution is -0.384. The number of carbonyl (C=O) groups excluding carboxylic acids is 1. The third-order valence-corrected chi connectivity index (χ3v) is 2.61. The summed E-state index contributed by atoms with van der Waals surface area (Å²) < 4.78 is 0. The third-order valence-electron chi connectivity index (χ3n) is 2.61. The van der Waals surface area contributed by atoms with Gasteiger partial charge in [-0.3, -0.25) is 14.9 Å². The first kappa shape index (κ1) is 14.8. The summed E-state index contributed by atoms with van der Waals surface area (Å²) in [6, 6.07) is 6.01. The van der Waals surface area contributed by atoms with Crippen LogP contribution >= 0.6 is 0 Å². The van der Waals surface area contributed by atoms with E-state index < -0.39 is 4.92 Å². The second-order valence-corrected chi connectivity index (χ2v) is 3.89. The first-order valence-electron chi connectivity index (χ1n) is 6.00. The Morgan fingerprint density at radius 2 is 2.05 bits per heavy atom. The second-order valence-electron chi connectivity index (χ2n) is 3.89. The van der Waals surface area contributed by atoms with Gasteiger partial charge in [0.2, 0.25) is 5.91 Å². The van der Waals surface area contributed by atoms with E-state index in [0.29, 0.717) is 19.6 Å². The van der Waals surface area contributed by atoms with Crippen molar-refractivity contribution in [1.29, 1.82) is 0 Å². The molecule has 19 heavy (non-hydrogen) atoms. The lowest BCUT2D eigenvalue weighted by Gasteiger charge is -2.17. The highest BCUT2D eigenvalue weighted by Gasteiger charge is 2.07. The normalized spacial score (nSPS) is 10.6. The molecule has 6 heteroatoms. The molecule has 0 unspecified atom stereocenters. The molecule has 0 aliphatic heterocycles. The third kappa shape index (κ3) is 4.51. The maximum atomic E-state index is 11.8. The number of nitro groups is 1. The molecule has 0 aliphatic carbocycles. The molecule has 1 aromatic carbocycles. The summed E-state index contributed by atoms with van der Waals surface area (Å²) >= 11 is 0. The number of nitro benzene ring substituents is 1. The number of likely N-dealkylation sites (N-methyl/N-ethyl adjacent to an activating group) is 1. The van der Waals surface area contributed by atoms with Crippen LogP contribution in [0.4, 0.5) is 5.69 Å². The largest absolute Gasteiger partial charge is 0.338 e. The molecule has 0 spiro atoms. The van der Waals surface area contributed by atoms with Crippen LogP contribution in [-0.2, 0) is 4.79 Å². The summed E-state index contributed by atoms with van der Waals surface area (Å²) in [5.74, 6) is -0.119. The van der Waals surface area contributed by atoms with Crippen LogP contribution in [0.2, 0.25) is 0 Å². The van der Waals surface area contributed by atoms with Gasteiger partial charge in [0.25, 0.3) is 5.69 Å². The lowest BCUT2D eigenvalue weighted by atomic mass is 10.2. The summed E-state index contributed by atoms with van der Waals surface area (Å²) in [4.78, 5) is 23.4. The van der Waals surface area contributed by atoms with Crippen molar-refractivity contribution in [1.82, 2.24) is 4.90 Å². The van der Waals surface area contributed by atoms with Gasteiger partial charge < -0.3 is 10.6 Å². The van der Waals surface area contributed by atoms with E-state index in [9.17, 15) is 14.9 Å². The molecule has 1 rings (SSSR count). The van der Waals surface area contributed by atoms with E-state index in [0.717, 1.165) is 5.56 Å². The number of nitrogens with zero attached hydrogens (tertiary/aromatic N) is 2. The van der Waals surface area contributed by atoms with Gasteiger partial charge in [0, 0.05) is 37.8 Å². The van der Waals surface area contributed by atoms with Crippen molar-refractivity contribution in [2.24, 2.45) is 5.73 Å². The molecule has 0 radical (unpaired) electrons. The molecule has 1 aromatic rings. The molecule has 0 bridgehead atoms. The van der Waals surface area contributed by atoms with Crippen molar-refractivity contribution < 1.29 is 9.72 Å². The van der Waals surface area contributed by atoms with Crippen molar-refractivity contribution in [2.75, 3.05) is 19.6 Å². The molecule has 1 amide bonds. The molecule has 0 aromatic heterocycles. The smallest absolute Gasteiger partial charge is 0.269 e. The molecule has 0 fully saturated rings. The molecule has 0 heterocycles. The molecule has 0 saturated carbocycles. The highest BCUT2D eigenvalue weighted by atomic mass is 16.6. The van der Waals surface area contributed by atoms with Crippen molar-refractivity contribution >= 4 is 17.7 Å². The fraction of sp³-hybridized carbons (Fsp3) is 0.308. The Balaban J connectivity index is 2.70. The number of carbonyl (C=O) groups is 1. The Morgan fingerprint density at radius 3 is 2.53 bits per heavy atom. The lowest BCUT2D eigenvalue weighted by Crippen LogP contribution is -2.33. The summed E-state index contributed by atoms with van der Waals surface area (Å²) in [7, 11) is 0. The zero-order valence-corrected chi connectivity index (χ0v) is 10.8. The number of nitrogens with two attached hydrogens (primary N) is 1. The molecule has 2 N–H and O–H groups in total. The van der Waals surface area contributed by atoms with Crippen molar-refractivity contribution in [3.63, 3.8) is 0 Å². The predicted molar refractivity (Wildman–Crippen MR) is 73.4 cm³/mol. The Hall–Kier alpha value is -2.21. The van der Waals surface area contributed by atoms with Gasteiger partial charge in [-0.25, -0.2) is 0 Å². The van der Waals surface area contributed by atoms with Crippen molar-refractivity contribution in [2.45, 2.75) is 6.92 Å². The first-order valence-corrected chi connectivity index (χ1v) is 6.00. The van der Waals surface area contributed by atoms with Gasteiger partial charge in [-0.05, 0) is 30.7 Å². The number of benzene rings is 1. The molecule has 6 nitrogen and oxygen atoms in total. The van der Waals surface area contributed by atoms with Gasteiger partial charge in [-0.2, -0.15) is 0 Å². The molecular formula is C13H17N3O3. The summed E-state index contributed by atoms with van der Waals surface area (Å²) in [5.41, 5.74) is 6.18. The fourth-order valence-electron chi connectivity index (χ4n) is 1.56. The highest BCUT2D eigenvalue weighted by molar-refractivity contribution is 5.91. The monoisotopic (exact) mass is 263 g/mol. The number of non-ortho nitro benzene ring substituents is 1. The van der Waals surface area contributed by atoms with E-state index in [1.807, 2.05) is 6.92 Å². The fourth-order valence-corrected chi connectivity index (χ4v) is 1.56. The maximum absolute atomic E-state index is 11.8. The summed E-state index contributed by atoms with van der Waals surface area (Å²) in [6.07, 6.45) is 3.07.